The van der Waals surface area contributed by atoms with Gasteiger partial charge in [0.1, 0.15) is 5.69 Å². The molecular weight excluding hydrogens is 328 g/mol. The predicted octanol–water partition coefficient (Wildman–Crippen LogP) is 1.09. The fourth-order valence-electron chi connectivity index (χ4n) is 3.03. The number of aryl methyl sites for hydroxylation is 1. The summed E-state index contributed by atoms with van der Waals surface area (Å²) in [5, 5.41) is 5.11. The Labute approximate surface area is 141 Å². The molecule has 0 saturated carbocycles. The molecule has 1 aliphatic rings. The molecule has 0 bridgehead atoms. The van der Waals surface area contributed by atoms with Crippen LogP contribution in [0.5, 0.6) is 0 Å². The van der Waals surface area contributed by atoms with Gasteiger partial charge in [-0.2, -0.15) is 0 Å². The minimum atomic E-state index is -3.66. The highest BCUT2D eigenvalue weighted by Gasteiger charge is 2.25. The summed E-state index contributed by atoms with van der Waals surface area (Å²) >= 11 is 0. The first-order chi connectivity index (χ1) is 11.3. The molecule has 1 aliphatic heterocycles. The Morgan fingerprint density at radius 3 is 2.33 bits per heavy atom. The van der Waals surface area contributed by atoms with E-state index in [-0.39, 0.29) is 10.8 Å². The van der Waals surface area contributed by atoms with Crippen molar-refractivity contribution in [3.05, 3.63) is 48.0 Å². The lowest BCUT2D eigenvalue weighted by atomic mass is 9.89. The van der Waals surface area contributed by atoms with Crippen molar-refractivity contribution in [2.75, 3.05) is 13.1 Å². The Bertz CT molecular complexity index is 834. The van der Waals surface area contributed by atoms with Gasteiger partial charge in [-0.15, -0.1) is 0 Å². The number of piperidine rings is 1. The molecule has 1 fully saturated rings. The van der Waals surface area contributed by atoms with E-state index in [2.05, 4.69) is 4.98 Å². The Morgan fingerprint density at radius 1 is 1.21 bits per heavy atom. The molecule has 8 heteroatoms. The van der Waals surface area contributed by atoms with E-state index in [9.17, 15) is 13.2 Å². The minimum Gasteiger partial charge on any atom is -0.340 e. The third-order valence-corrected chi connectivity index (χ3v) is 5.32. The standard InChI is InChI=1S/C16H20N4O3S/c1-19-10-15(18-11-19)16(21)20-8-6-13(7-9-20)12-2-4-14(5-3-12)24(17,22)23/h2-5,10-11,13H,6-9H2,1H3,(H2,17,22,23). The molecule has 24 heavy (non-hydrogen) atoms. The number of sulfonamides is 1. The van der Waals surface area contributed by atoms with E-state index in [1.807, 2.05) is 11.9 Å². The fourth-order valence-corrected chi connectivity index (χ4v) is 3.55. The van der Waals surface area contributed by atoms with E-state index in [1.54, 1.807) is 29.2 Å². The molecule has 1 aromatic carbocycles. The molecule has 1 saturated heterocycles. The SMILES string of the molecule is Cn1cnc(C(=O)N2CCC(c3ccc(S(N)(=O)=O)cc3)CC2)c1. The maximum Gasteiger partial charge on any atom is 0.274 e. The number of imidazole rings is 1. The average Bonchev–Trinajstić information content (AvgIpc) is 3.00. The van der Waals surface area contributed by atoms with Gasteiger partial charge in [0, 0.05) is 26.3 Å². The number of rotatable bonds is 3. The third kappa shape index (κ3) is 3.49. The largest absolute Gasteiger partial charge is 0.340 e. The van der Waals surface area contributed by atoms with Gasteiger partial charge in [-0.25, -0.2) is 18.5 Å². The Balaban J connectivity index is 1.63. The van der Waals surface area contributed by atoms with E-state index in [4.69, 9.17) is 5.14 Å². The second-order valence-electron chi connectivity index (χ2n) is 6.10. The van der Waals surface area contributed by atoms with Crippen molar-refractivity contribution in [2.24, 2.45) is 12.2 Å². The van der Waals surface area contributed by atoms with Crippen molar-refractivity contribution < 1.29 is 13.2 Å². The number of carbonyl (C=O) groups excluding carboxylic acids is 1. The van der Waals surface area contributed by atoms with Crippen LogP contribution in [-0.4, -0.2) is 41.9 Å². The first-order valence-electron chi connectivity index (χ1n) is 7.74. The molecule has 2 heterocycles. The number of amides is 1. The lowest BCUT2D eigenvalue weighted by Gasteiger charge is -2.31. The van der Waals surface area contributed by atoms with Crippen LogP contribution >= 0.6 is 0 Å². The summed E-state index contributed by atoms with van der Waals surface area (Å²) in [7, 11) is -1.83. The summed E-state index contributed by atoms with van der Waals surface area (Å²) in [5.41, 5.74) is 1.54. The number of nitrogens with two attached hydrogens (primary N) is 1. The zero-order valence-electron chi connectivity index (χ0n) is 13.4. The van der Waals surface area contributed by atoms with E-state index < -0.39 is 10.0 Å². The van der Waals surface area contributed by atoms with E-state index >= 15 is 0 Å². The molecular formula is C16H20N4O3S. The highest BCUT2D eigenvalue weighted by atomic mass is 32.2. The number of hydrogen-bond donors (Lipinski definition) is 1. The van der Waals surface area contributed by atoms with Crippen LogP contribution in [0, 0.1) is 0 Å². The Kier molecular flexibility index (Phi) is 4.42. The van der Waals surface area contributed by atoms with E-state index in [0.717, 1.165) is 18.4 Å². The van der Waals surface area contributed by atoms with Crippen molar-refractivity contribution in [2.45, 2.75) is 23.7 Å². The quantitative estimate of drug-likeness (QED) is 0.897. The lowest BCUT2D eigenvalue weighted by Crippen LogP contribution is -2.38. The van der Waals surface area contributed by atoms with Gasteiger partial charge in [0.15, 0.2) is 0 Å². The molecule has 2 aromatic rings. The smallest absolute Gasteiger partial charge is 0.274 e. The van der Waals surface area contributed by atoms with Crippen LogP contribution in [0.3, 0.4) is 0 Å². The number of aromatic nitrogens is 2. The van der Waals surface area contributed by atoms with Crippen molar-refractivity contribution in [1.29, 1.82) is 0 Å². The lowest BCUT2D eigenvalue weighted by molar-refractivity contribution is 0.0707. The molecule has 128 valence electrons. The second-order valence-corrected chi connectivity index (χ2v) is 7.67. The van der Waals surface area contributed by atoms with Gasteiger partial charge in [-0.05, 0) is 36.5 Å². The minimum absolute atomic E-state index is 0.0429. The van der Waals surface area contributed by atoms with Crippen LogP contribution in [-0.2, 0) is 17.1 Å². The maximum atomic E-state index is 12.4. The van der Waals surface area contributed by atoms with Crippen LogP contribution in [0.15, 0.2) is 41.7 Å². The highest BCUT2D eigenvalue weighted by molar-refractivity contribution is 7.89. The normalized spacial score (nSPS) is 16.3. The zero-order chi connectivity index (χ0) is 17.3. The number of carbonyl (C=O) groups is 1. The molecule has 3 rings (SSSR count). The van der Waals surface area contributed by atoms with Crippen LogP contribution < -0.4 is 5.14 Å². The number of hydrogen-bond acceptors (Lipinski definition) is 4. The summed E-state index contributed by atoms with van der Waals surface area (Å²) in [6.45, 7) is 1.33. The van der Waals surface area contributed by atoms with Gasteiger partial charge in [0.05, 0.1) is 11.2 Å². The molecule has 0 aliphatic carbocycles. The summed E-state index contributed by atoms with van der Waals surface area (Å²) in [4.78, 5) is 18.4. The monoisotopic (exact) mass is 348 g/mol. The van der Waals surface area contributed by atoms with Gasteiger partial charge in [-0.1, -0.05) is 12.1 Å². The van der Waals surface area contributed by atoms with Crippen molar-refractivity contribution in [3.8, 4) is 0 Å². The van der Waals surface area contributed by atoms with Crippen molar-refractivity contribution >= 4 is 15.9 Å². The Hall–Kier alpha value is -2.19. The molecule has 0 atom stereocenters. The highest BCUT2D eigenvalue weighted by Crippen LogP contribution is 2.29. The molecule has 1 aromatic heterocycles. The fraction of sp³-hybridized carbons (Fsp3) is 0.375. The van der Waals surface area contributed by atoms with E-state index in [1.165, 1.54) is 12.1 Å². The number of likely N-dealkylation sites (tertiary alicyclic amines) is 1. The van der Waals surface area contributed by atoms with Gasteiger partial charge in [-0.3, -0.25) is 4.79 Å². The number of benzene rings is 1. The number of nitrogens with zero attached hydrogens (tertiary/aromatic N) is 3. The zero-order valence-corrected chi connectivity index (χ0v) is 14.2. The van der Waals surface area contributed by atoms with Crippen LogP contribution in [0.25, 0.3) is 0 Å². The summed E-state index contributed by atoms with van der Waals surface area (Å²) < 4.78 is 24.4. The molecule has 0 spiro atoms. The van der Waals surface area contributed by atoms with Gasteiger partial charge in [0.2, 0.25) is 10.0 Å². The van der Waals surface area contributed by atoms with Gasteiger partial charge in [0.25, 0.3) is 5.91 Å². The van der Waals surface area contributed by atoms with Crippen molar-refractivity contribution in [1.82, 2.24) is 14.5 Å². The maximum absolute atomic E-state index is 12.4. The summed E-state index contributed by atoms with van der Waals surface area (Å²) in [6.07, 6.45) is 5.02. The molecule has 0 unspecified atom stereocenters. The van der Waals surface area contributed by atoms with Crippen LogP contribution in [0.1, 0.15) is 34.8 Å². The summed E-state index contributed by atoms with van der Waals surface area (Å²) in [5.74, 6) is 0.269. The Morgan fingerprint density at radius 2 is 1.83 bits per heavy atom. The summed E-state index contributed by atoms with van der Waals surface area (Å²) in [6, 6.07) is 6.69. The first-order valence-corrected chi connectivity index (χ1v) is 9.29. The topological polar surface area (TPSA) is 98.3 Å². The average molecular weight is 348 g/mol. The molecule has 1 amide bonds. The van der Waals surface area contributed by atoms with Gasteiger partial charge >= 0.3 is 0 Å². The van der Waals surface area contributed by atoms with Crippen LogP contribution in [0.4, 0.5) is 0 Å². The van der Waals surface area contributed by atoms with E-state index in [0.29, 0.717) is 24.7 Å². The molecule has 2 N–H and O–H groups in total. The van der Waals surface area contributed by atoms with Crippen LogP contribution in [0.2, 0.25) is 0 Å². The van der Waals surface area contributed by atoms with Gasteiger partial charge < -0.3 is 9.47 Å². The molecule has 7 nitrogen and oxygen atoms in total. The third-order valence-electron chi connectivity index (χ3n) is 4.39. The predicted molar refractivity (Wildman–Crippen MR) is 88.9 cm³/mol. The molecule has 0 radical (unpaired) electrons. The second kappa shape index (κ2) is 6.37. The van der Waals surface area contributed by atoms with Crippen molar-refractivity contribution in [3.63, 3.8) is 0 Å². The first kappa shape index (κ1) is 16.7. The number of primary sulfonamides is 1.